The first-order chi connectivity index (χ1) is 11.6. The van der Waals surface area contributed by atoms with Crippen molar-refractivity contribution in [2.45, 2.75) is 58.0 Å². The molecule has 1 aromatic heterocycles. The lowest BCUT2D eigenvalue weighted by Gasteiger charge is -2.25. The van der Waals surface area contributed by atoms with Gasteiger partial charge < -0.3 is 10.6 Å². The summed E-state index contributed by atoms with van der Waals surface area (Å²) in [6.07, 6.45) is 5.94. The van der Waals surface area contributed by atoms with Gasteiger partial charge in [-0.2, -0.15) is 0 Å². The van der Waals surface area contributed by atoms with E-state index in [1.807, 2.05) is 32.0 Å². The van der Waals surface area contributed by atoms with Crippen LogP contribution in [-0.2, 0) is 4.79 Å². The van der Waals surface area contributed by atoms with Gasteiger partial charge in [-0.15, -0.1) is 0 Å². The zero-order chi connectivity index (χ0) is 16.9. The zero-order valence-corrected chi connectivity index (χ0v) is 14.9. The molecule has 2 N–H and O–H groups in total. The molecule has 2 heterocycles. The molecule has 0 radical (unpaired) electrons. The van der Waals surface area contributed by atoms with E-state index in [0.717, 1.165) is 50.4 Å². The normalized spacial score (nSPS) is 23.3. The highest BCUT2D eigenvalue weighted by Crippen LogP contribution is 2.21. The van der Waals surface area contributed by atoms with Crippen LogP contribution in [0.25, 0.3) is 0 Å². The molecule has 0 aromatic carbocycles. The van der Waals surface area contributed by atoms with Crippen LogP contribution < -0.4 is 10.6 Å². The van der Waals surface area contributed by atoms with Crippen molar-refractivity contribution < 1.29 is 4.79 Å². The predicted molar refractivity (Wildman–Crippen MR) is 97.0 cm³/mol. The van der Waals surface area contributed by atoms with E-state index in [9.17, 15) is 4.79 Å². The first-order valence-electron chi connectivity index (χ1n) is 9.34. The maximum Gasteiger partial charge on any atom is 0.237 e. The second kappa shape index (κ2) is 7.97. The third-order valence-corrected chi connectivity index (χ3v) is 5.41. The largest absolute Gasteiger partial charge is 0.370 e. The maximum absolute atomic E-state index is 12.4. The van der Waals surface area contributed by atoms with Crippen LogP contribution in [0.3, 0.4) is 0 Å². The minimum Gasteiger partial charge on any atom is -0.370 e. The number of nitrogens with zero attached hydrogens (tertiary/aromatic N) is 2. The molecule has 132 valence electrons. The molecule has 5 nitrogen and oxygen atoms in total. The standard InChI is InChI=1S/C19H30N4O/c1-14-6-5-9-18(21-14)20-12-16-10-11-23(13-16)15(2)19(24)22-17-7-3-4-8-17/h5-6,9,15-17H,3-4,7-8,10-13H2,1-2H3,(H,20,21)(H,22,24). The second-order valence-electron chi connectivity index (χ2n) is 7.36. The SMILES string of the molecule is Cc1cccc(NCC2CCN(C(C)C(=O)NC3CCCC3)C2)n1. The van der Waals surface area contributed by atoms with Crippen LogP contribution in [0.1, 0.15) is 44.7 Å². The van der Waals surface area contributed by atoms with E-state index in [1.165, 1.54) is 12.8 Å². The van der Waals surface area contributed by atoms with E-state index in [2.05, 4.69) is 20.5 Å². The molecular formula is C19H30N4O. The number of hydrogen-bond acceptors (Lipinski definition) is 4. The van der Waals surface area contributed by atoms with Gasteiger partial charge in [0.1, 0.15) is 5.82 Å². The van der Waals surface area contributed by atoms with Gasteiger partial charge in [0, 0.05) is 24.8 Å². The third kappa shape index (κ3) is 4.47. The maximum atomic E-state index is 12.4. The van der Waals surface area contributed by atoms with Crippen molar-refractivity contribution in [3.05, 3.63) is 23.9 Å². The van der Waals surface area contributed by atoms with E-state index in [1.54, 1.807) is 0 Å². The Balaban J connectivity index is 1.43. The summed E-state index contributed by atoms with van der Waals surface area (Å²) in [5, 5.41) is 6.66. The molecule has 24 heavy (non-hydrogen) atoms. The number of amides is 1. The van der Waals surface area contributed by atoms with E-state index < -0.39 is 0 Å². The summed E-state index contributed by atoms with van der Waals surface area (Å²) in [5.74, 6) is 1.73. The van der Waals surface area contributed by atoms with Crippen molar-refractivity contribution in [1.29, 1.82) is 0 Å². The predicted octanol–water partition coefficient (Wildman–Crippen LogP) is 2.57. The topological polar surface area (TPSA) is 57.3 Å². The summed E-state index contributed by atoms with van der Waals surface area (Å²) >= 11 is 0. The fourth-order valence-corrected chi connectivity index (χ4v) is 3.83. The molecule has 2 unspecified atom stereocenters. The van der Waals surface area contributed by atoms with Crippen molar-refractivity contribution in [3.8, 4) is 0 Å². The fraction of sp³-hybridized carbons (Fsp3) is 0.684. The Kier molecular flexibility index (Phi) is 5.72. The molecule has 1 aliphatic carbocycles. The molecule has 1 saturated carbocycles. The highest BCUT2D eigenvalue weighted by Gasteiger charge is 2.30. The third-order valence-electron chi connectivity index (χ3n) is 5.41. The minimum atomic E-state index is -0.0207. The number of aromatic nitrogens is 1. The average Bonchev–Trinajstić information content (AvgIpc) is 3.24. The van der Waals surface area contributed by atoms with Gasteiger partial charge in [0.2, 0.25) is 5.91 Å². The molecule has 2 atom stereocenters. The van der Waals surface area contributed by atoms with Crippen molar-refractivity contribution >= 4 is 11.7 Å². The lowest BCUT2D eigenvalue weighted by atomic mass is 10.1. The molecule has 2 aliphatic rings. The van der Waals surface area contributed by atoms with Crippen LogP contribution in [-0.4, -0.2) is 47.5 Å². The van der Waals surface area contributed by atoms with Crippen LogP contribution in [0.2, 0.25) is 0 Å². The van der Waals surface area contributed by atoms with Gasteiger partial charge in [0.05, 0.1) is 6.04 Å². The first kappa shape index (κ1) is 17.2. The molecule has 0 bridgehead atoms. The van der Waals surface area contributed by atoms with Crippen LogP contribution in [0.5, 0.6) is 0 Å². The number of carbonyl (C=O) groups is 1. The van der Waals surface area contributed by atoms with Gasteiger partial charge in [0.25, 0.3) is 0 Å². The average molecular weight is 330 g/mol. The van der Waals surface area contributed by atoms with Crippen molar-refractivity contribution in [3.63, 3.8) is 0 Å². The lowest BCUT2D eigenvalue weighted by molar-refractivity contribution is -0.126. The number of likely N-dealkylation sites (tertiary alicyclic amines) is 1. The monoisotopic (exact) mass is 330 g/mol. The van der Waals surface area contributed by atoms with E-state index >= 15 is 0 Å². The molecule has 5 heteroatoms. The quantitative estimate of drug-likeness (QED) is 0.842. The number of hydrogen-bond donors (Lipinski definition) is 2. The van der Waals surface area contributed by atoms with Gasteiger partial charge in [-0.05, 0) is 57.7 Å². The number of pyridine rings is 1. The Morgan fingerprint density at radius 2 is 2.12 bits per heavy atom. The molecule has 1 saturated heterocycles. The number of anilines is 1. The van der Waals surface area contributed by atoms with E-state index in [0.29, 0.717) is 12.0 Å². The van der Waals surface area contributed by atoms with Crippen LogP contribution in [0, 0.1) is 12.8 Å². The summed E-state index contributed by atoms with van der Waals surface area (Å²) in [6, 6.07) is 6.44. The molecule has 3 rings (SSSR count). The summed E-state index contributed by atoms with van der Waals surface area (Å²) in [7, 11) is 0. The fourth-order valence-electron chi connectivity index (χ4n) is 3.83. The smallest absolute Gasteiger partial charge is 0.237 e. The lowest BCUT2D eigenvalue weighted by Crippen LogP contribution is -2.47. The Labute approximate surface area is 145 Å². The summed E-state index contributed by atoms with van der Waals surface area (Å²) < 4.78 is 0. The Morgan fingerprint density at radius 3 is 2.88 bits per heavy atom. The van der Waals surface area contributed by atoms with Crippen molar-refractivity contribution in [1.82, 2.24) is 15.2 Å². The van der Waals surface area contributed by atoms with Gasteiger partial charge in [-0.1, -0.05) is 18.9 Å². The number of nitrogens with one attached hydrogen (secondary N) is 2. The van der Waals surface area contributed by atoms with Gasteiger partial charge in [-0.25, -0.2) is 4.98 Å². The summed E-state index contributed by atoms with van der Waals surface area (Å²) in [4.78, 5) is 19.2. The summed E-state index contributed by atoms with van der Waals surface area (Å²) in [5.41, 5.74) is 1.03. The molecule has 1 amide bonds. The number of rotatable bonds is 6. The Hall–Kier alpha value is -1.62. The van der Waals surface area contributed by atoms with Crippen LogP contribution in [0.15, 0.2) is 18.2 Å². The highest BCUT2D eigenvalue weighted by molar-refractivity contribution is 5.81. The van der Waals surface area contributed by atoms with Crippen molar-refractivity contribution in [2.24, 2.45) is 5.92 Å². The number of aryl methyl sites for hydroxylation is 1. The minimum absolute atomic E-state index is 0.0207. The van der Waals surface area contributed by atoms with E-state index in [-0.39, 0.29) is 11.9 Å². The highest BCUT2D eigenvalue weighted by atomic mass is 16.2. The molecule has 2 fully saturated rings. The molecule has 1 aromatic rings. The van der Waals surface area contributed by atoms with Gasteiger partial charge in [-0.3, -0.25) is 9.69 Å². The Bertz CT molecular complexity index is 556. The summed E-state index contributed by atoms with van der Waals surface area (Å²) in [6.45, 7) is 6.96. The second-order valence-corrected chi connectivity index (χ2v) is 7.36. The zero-order valence-electron chi connectivity index (χ0n) is 14.9. The van der Waals surface area contributed by atoms with Crippen LogP contribution >= 0.6 is 0 Å². The van der Waals surface area contributed by atoms with Gasteiger partial charge in [0.15, 0.2) is 0 Å². The molecule has 0 spiro atoms. The first-order valence-corrected chi connectivity index (χ1v) is 9.34. The van der Waals surface area contributed by atoms with Crippen molar-refractivity contribution in [2.75, 3.05) is 25.0 Å². The van der Waals surface area contributed by atoms with Crippen LogP contribution in [0.4, 0.5) is 5.82 Å². The molecule has 1 aliphatic heterocycles. The van der Waals surface area contributed by atoms with Gasteiger partial charge >= 0.3 is 0 Å². The molecular weight excluding hydrogens is 300 g/mol. The number of carbonyl (C=O) groups excluding carboxylic acids is 1. The Morgan fingerprint density at radius 1 is 1.33 bits per heavy atom. The van der Waals surface area contributed by atoms with E-state index in [4.69, 9.17) is 0 Å².